The van der Waals surface area contributed by atoms with Crippen LogP contribution in [0.25, 0.3) is 0 Å². The van der Waals surface area contributed by atoms with Crippen LogP contribution in [0.4, 0.5) is 0 Å². The van der Waals surface area contributed by atoms with Crippen molar-refractivity contribution in [1.82, 2.24) is 5.32 Å². The summed E-state index contributed by atoms with van der Waals surface area (Å²) in [6, 6.07) is 10.4. The molecule has 0 unspecified atom stereocenters. The minimum Gasteiger partial charge on any atom is -0.497 e. The molecule has 122 valence electrons. The Morgan fingerprint density at radius 3 is 2.48 bits per heavy atom. The SMILES string of the molecule is COc1ccc(OCCNC(=O)CCC(=O)c2ccco2)cc1. The summed E-state index contributed by atoms with van der Waals surface area (Å²) in [4.78, 5) is 23.3. The number of ether oxygens (including phenoxy) is 2. The van der Waals surface area contributed by atoms with Crippen molar-refractivity contribution in [3.05, 3.63) is 48.4 Å². The lowest BCUT2D eigenvalue weighted by atomic mass is 10.2. The van der Waals surface area contributed by atoms with E-state index in [2.05, 4.69) is 5.32 Å². The molecule has 6 nitrogen and oxygen atoms in total. The molecule has 1 heterocycles. The van der Waals surface area contributed by atoms with Gasteiger partial charge < -0.3 is 19.2 Å². The van der Waals surface area contributed by atoms with Crippen LogP contribution in [0.1, 0.15) is 23.4 Å². The molecule has 1 amide bonds. The predicted molar refractivity (Wildman–Crippen MR) is 83.8 cm³/mol. The quantitative estimate of drug-likeness (QED) is 0.568. The van der Waals surface area contributed by atoms with Gasteiger partial charge in [0.1, 0.15) is 18.1 Å². The highest BCUT2D eigenvalue weighted by molar-refractivity contribution is 5.95. The fourth-order valence-electron chi connectivity index (χ4n) is 1.91. The highest BCUT2D eigenvalue weighted by Gasteiger charge is 2.11. The minimum absolute atomic E-state index is 0.124. The number of ketones is 1. The average Bonchev–Trinajstić information content (AvgIpc) is 3.12. The number of carbonyl (C=O) groups excluding carboxylic acids is 2. The van der Waals surface area contributed by atoms with E-state index in [0.29, 0.717) is 18.9 Å². The number of nitrogens with one attached hydrogen (secondary N) is 1. The Balaban J connectivity index is 1.60. The third-order valence-electron chi connectivity index (χ3n) is 3.13. The first-order chi connectivity index (χ1) is 11.2. The first-order valence-electron chi connectivity index (χ1n) is 7.29. The highest BCUT2D eigenvalue weighted by Crippen LogP contribution is 2.16. The van der Waals surface area contributed by atoms with Gasteiger partial charge in [0.25, 0.3) is 0 Å². The normalized spacial score (nSPS) is 10.1. The van der Waals surface area contributed by atoms with Crippen LogP contribution in [-0.4, -0.2) is 32.0 Å². The van der Waals surface area contributed by atoms with Crippen molar-refractivity contribution in [2.24, 2.45) is 0 Å². The number of amides is 1. The van der Waals surface area contributed by atoms with Gasteiger partial charge in [-0.15, -0.1) is 0 Å². The van der Waals surface area contributed by atoms with Gasteiger partial charge in [-0.25, -0.2) is 0 Å². The van der Waals surface area contributed by atoms with Gasteiger partial charge in [-0.05, 0) is 36.4 Å². The molecule has 0 atom stereocenters. The Morgan fingerprint density at radius 1 is 1.09 bits per heavy atom. The molecule has 0 aliphatic heterocycles. The lowest BCUT2D eigenvalue weighted by Crippen LogP contribution is -2.28. The maximum Gasteiger partial charge on any atom is 0.220 e. The molecule has 1 aromatic heterocycles. The van der Waals surface area contributed by atoms with Gasteiger partial charge in [-0.1, -0.05) is 0 Å². The second-order valence-corrected chi connectivity index (χ2v) is 4.77. The lowest BCUT2D eigenvalue weighted by Gasteiger charge is -2.08. The Morgan fingerprint density at radius 2 is 1.83 bits per heavy atom. The van der Waals surface area contributed by atoms with E-state index in [1.54, 1.807) is 43.5 Å². The molecule has 0 bridgehead atoms. The zero-order chi connectivity index (χ0) is 16.5. The van der Waals surface area contributed by atoms with Gasteiger partial charge in [-0.2, -0.15) is 0 Å². The Kier molecular flexibility index (Phi) is 6.23. The maximum absolute atomic E-state index is 11.7. The van der Waals surface area contributed by atoms with Crippen LogP contribution >= 0.6 is 0 Å². The van der Waals surface area contributed by atoms with E-state index in [9.17, 15) is 9.59 Å². The molecule has 2 aromatic rings. The Bertz CT molecular complexity index is 619. The number of methoxy groups -OCH3 is 1. The summed E-state index contributed by atoms with van der Waals surface area (Å²) in [7, 11) is 1.60. The number of Topliss-reactive ketones (excluding diaryl/α,β-unsaturated/α-hetero) is 1. The first-order valence-corrected chi connectivity index (χ1v) is 7.29. The van der Waals surface area contributed by atoms with Crippen molar-refractivity contribution in [1.29, 1.82) is 0 Å². The molecule has 2 rings (SSSR count). The zero-order valence-corrected chi connectivity index (χ0v) is 12.9. The Labute approximate surface area is 134 Å². The van der Waals surface area contributed by atoms with E-state index in [-0.39, 0.29) is 30.3 Å². The third kappa shape index (κ3) is 5.50. The second-order valence-electron chi connectivity index (χ2n) is 4.77. The van der Waals surface area contributed by atoms with Crippen LogP contribution in [0.3, 0.4) is 0 Å². The number of benzene rings is 1. The fourth-order valence-corrected chi connectivity index (χ4v) is 1.91. The van der Waals surface area contributed by atoms with Crippen molar-refractivity contribution < 1.29 is 23.5 Å². The molecule has 1 aromatic carbocycles. The smallest absolute Gasteiger partial charge is 0.220 e. The molecule has 0 fully saturated rings. The van der Waals surface area contributed by atoms with Gasteiger partial charge in [0, 0.05) is 12.8 Å². The summed E-state index contributed by atoms with van der Waals surface area (Å²) < 4.78 is 15.5. The average molecular weight is 317 g/mol. The predicted octanol–water partition coefficient (Wildman–Crippen LogP) is 2.45. The summed E-state index contributed by atoms with van der Waals surface area (Å²) in [6.45, 7) is 0.726. The zero-order valence-electron chi connectivity index (χ0n) is 12.9. The molecular formula is C17H19NO5. The molecule has 0 spiro atoms. The topological polar surface area (TPSA) is 77.8 Å². The van der Waals surface area contributed by atoms with Gasteiger partial charge >= 0.3 is 0 Å². The second kappa shape index (κ2) is 8.63. The molecule has 6 heteroatoms. The van der Waals surface area contributed by atoms with Crippen LogP contribution < -0.4 is 14.8 Å². The molecule has 0 aliphatic rings. The summed E-state index contributed by atoms with van der Waals surface area (Å²) in [5, 5.41) is 2.70. The highest BCUT2D eigenvalue weighted by atomic mass is 16.5. The third-order valence-corrected chi connectivity index (χ3v) is 3.13. The van der Waals surface area contributed by atoms with Crippen molar-refractivity contribution in [2.75, 3.05) is 20.3 Å². The first kappa shape index (κ1) is 16.6. The van der Waals surface area contributed by atoms with Crippen LogP contribution in [0.5, 0.6) is 11.5 Å². The minimum atomic E-state index is -0.191. The lowest BCUT2D eigenvalue weighted by molar-refractivity contribution is -0.121. The van der Waals surface area contributed by atoms with E-state index in [0.717, 1.165) is 5.75 Å². The molecule has 0 saturated heterocycles. The number of hydrogen-bond donors (Lipinski definition) is 1. The molecule has 1 N–H and O–H groups in total. The van der Waals surface area contributed by atoms with Gasteiger partial charge in [0.2, 0.25) is 5.91 Å². The van der Waals surface area contributed by atoms with Crippen LogP contribution in [0, 0.1) is 0 Å². The van der Waals surface area contributed by atoms with E-state index in [4.69, 9.17) is 13.9 Å². The van der Waals surface area contributed by atoms with Gasteiger partial charge in [0.05, 0.1) is 19.9 Å². The number of furan rings is 1. The van der Waals surface area contributed by atoms with Crippen molar-refractivity contribution in [3.8, 4) is 11.5 Å². The summed E-state index contributed by atoms with van der Waals surface area (Å²) in [6.07, 6.45) is 1.69. The van der Waals surface area contributed by atoms with Crippen molar-refractivity contribution in [2.45, 2.75) is 12.8 Å². The van der Waals surface area contributed by atoms with Crippen LogP contribution in [0.2, 0.25) is 0 Å². The van der Waals surface area contributed by atoms with E-state index >= 15 is 0 Å². The Hall–Kier alpha value is -2.76. The van der Waals surface area contributed by atoms with Gasteiger partial charge in [-0.3, -0.25) is 9.59 Å². The summed E-state index contributed by atoms with van der Waals surface area (Å²) in [5.41, 5.74) is 0. The van der Waals surface area contributed by atoms with E-state index in [1.807, 2.05) is 0 Å². The largest absolute Gasteiger partial charge is 0.497 e. The van der Waals surface area contributed by atoms with E-state index < -0.39 is 0 Å². The van der Waals surface area contributed by atoms with E-state index in [1.165, 1.54) is 6.26 Å². The summed E-state index contributed by atoms with van der Waals surface area (Å²) >= 11 is 0. The molecular weight excluding hydrogens is 298 g/mol. The van der Waals surface area contributed by atoms with Crippen molar-refractivity contribution >= 4 is 11.7 Å². The van der Waals surface area contributed by atoms with Crippen LogP contribution in [0.15, 0.2) is 47.1 Å². The number of hydrogen-bond acceptors (Lipinski definition) is 5. The summed E-state index contributed by atoms with van der Waals surface area (Å²) in [5.74, 6) is 1.36. The molecule has 0 radical (unpaired) electrons. The number of carbonyl (C=O) groups is 2. The fraction of sp³-hybridized carbons (Fsp3) is 0.294. The molecule has 0 saturated carbocycles. The standard InChI is InChI=1S/C17H19NO5/c1-21-13-4-6-14(7-5-13)22-12-10-18-17(20)9-8-15(19)16-3-2-11-23-16/h2-7,11H,8-10,12H2,1H3,(H,18,20). The molecule has 23 heavy (non-hydrogen) atoms. The number of rotatable bonds is 9. The molecule has 0 aliphatic carbocycles. The maximum atomic E-state index is 11.7. The van der Waals surface area contributed by atoms with Gasteiger partial charge in [0.15, 0.2) is 11.5 Å². The van der Waals surface area contributed by atoms with Crippen molar-refractivity contribution in [3.63, 3.8) is 0 Å². The van der Waals surface area contributed by atoms with Crippen LogP contribution in [-0.2, 0) is 4.79 Å². The monoisotopic (exact) mass is 317 g/mol.